The molecule has 0 unspecified atom stereocenters. The van der Waals surface area contributed by atoms with Gasteiger partial charge in [-0.1, -0.05) is 17.7 Å². The van der Waals surface area contributed by atoms with Crippen LogP contribution in [0.15, 0.2) is 35.1 Å². The maximum atomic E-state index is 5.39. The summed E-state index contributed by atoms with van der Waals surface area (Å²) in [5, 5.41) is 0. The molecule has 0 atom stereocenters. The minimum absolute atomic E-state index is 0.555. The van der Waals surface area contributed by atoms with Crippen molar-refractivity contribution in [2.24, 2.45) is 5.84 Å². The molecule has 1 heterocycles. The number of benzene rings is 1. The minimum atomic E-state index is 0.555. The van der Waals surface area contributed by atoms with Crippen LogP contribution in [0.3, 0.4) is 0 Å². The molecule has 1 aromatic heterocycles. The molecule has 0 aliphatic heterocycles. The van der Waals surface area contributed by atoms with E-state index < -0.39 is 0 Å². The number of nitrogens with zero attached hydrogens (tertiary/aromatic N) is 3. The lowest BCUT2D eigenvalue weighted by Gasteiger charge is -2.20. The number of hydrogen-bond donors (Lipinski definition) is 2. The van der Waals surface area contributed by atoms with Gasteiger partial charge >= 0.3 is 0 Å². The molecule has 3 N–H and O–H groups in total. The van der Waals surface area contributed by atoms with E-state index in [2.05, 4.69) is 50.4 Å². The van der Waals surface area contributed by atoms with Gasteiger partial charge in [0.25, 0.3) is 0 Å². The van der Waals surface area contributed by atoms with E-state index in [1.807, 2.05) is 24.1 Å². The van der Waals surface area contributed by atoms with Crippen molar-refractivity contribution in [2.45, 2.75) is 6.92 Å². The Labute approximate surface area is 114 Å². The van der Waals surface area contributed by atoms with Gasteiger partial charge in [-0.15, -0.1) is 0 Å². The SMILES string of the molecule is Cc1ccc(N(C)c2ncnc(NN)c2Br)cc1. The van der Waals surface area contributed by atoms with Gasteiger partial charge in [0.2, 0.25) is 0 Å². The van der Waals surface area contributed by atoms with Crippen LogP contribution < -0.4 is 16.2 Å². The van der Waals surface area contributed by atoms with Crippen LogP contribution in [0, 0.1) is 6.92 Å². The third-order valence-electron chi connectivity index (χ3n) is 2.65. The van der Waals surface area contributed by atoms with Crippen LogP contribution in [0.1, 0.15) is 5.56 Å². The second-order valence-electron chi connectivity index (χ2n) is 3.90. The van der Waals surface area contributed by atoms with Crippen molar-refractivity contribution < 1.29 is 0 Å². The van der Waals surface area contributed by atoms with Gasteiger partial charge in [0.1, 0.15) is 10.8 Å². The lowest BCUT2D eigenvalue weighted by Crippen LogP contribution is -2.15. The van der Waals surface area contributed by atoms with Gasteiger partial charge in [-0.05, 0) is 35.0 Å². The number of halogens is 1. The summed E-state index contributed by atoms with van der Waals surface area (Å²) in [5.41, 5.74) is 4.79. The molecule has 0 aliphatic carbocycles. The van der Waals surface area contributed by atoms with E-state index in [9.17, 15) is 0 Å². The molecule has 2 rings (SSSR count). The molecular formula is C12H14BrN5. The van der Waals surface area contributed by atoms with E-state index in [0.29, 0.717) is 5.82 Å². The number of anilines is 3. The Kier molecular flexibility index (Phi) is 3.78. The molecule has 0 amide bonds. The van der Waals surface area contributed by atoms with Crippen molar-refractivity contribution in [3.05, 3.63) is 40.6 Å². The molecule has 0 bridgehead atoms. The molecule has 0 radical (unpaired) electrons. The van der Waals surface area contributed by atoms with E-state index in [1.54, 1.807) is 0 Å². The van der Waals surface area contributed by atoms with E-state index in [-0.39, 0.29) is 0 Å². The molecule has 18 heavy (non-hydrogen) atoms. The fourth-order valence-corrected chi connectivity index (χ4v) is 2.17. The second kappa shape index (κ2) is 5.32. The van der Waals surface area contributed by atoms with Crippen LogP contribution in [0.25, 0.3) is 0 Å². The monoisotopic (exact) mass is 307 g/mol. The van der Waals surface area contributed by atoms with Crippen molar-refractivity contribution in [1.29, 1.82) is 0 Å². The maximum absolute atomic E-state index is 5.39. The molecule has 0 saturated carbocycles. The average Bonchev–Trinajstić information content (AvgIpc) is 2.39. The predicted octanol–water partition coefficient (Wildman–Crippen LogP) is 2.60. The summed E-state index contributed by atoms with van der Waals surface area (Å²) in [6, 6.07) is 8.20. The van der Waals surface area contributed by atoms with E-state index in [4.69, 9.17) is 5.84 Å². The maximum Gasteiger partial charge on any atom is 0.159 e. The summed E-state index contributed by atoms with van der Waals surface area (Å²) in [5.74, 6) is 6.70. The summed E-state index contributed by atoms with van der Waals surface area (Å²) in [4.78, 5) is 10.2. The molecule has 1 aromatic carbocycles. The quantitative estimate of drug-likeness (QED) is 0.674. The molecule has 0 spiro atoms. The van der Waals surface area contributed by atoms with Gasteiger partial charge in [-0.3, -0.25) is 0 Å². The summed E-state index contributed by atoms with van der Waals surface area (Å²) in [6.07, 6.45) is 1.47. The molecular weight excluding hydrogens is 294 g/mol. The van der Waals surface area contributed by atoms with Crippen molar-refractivity contribution in [3.8, 4) is 0 Å². The number of hydrogen-bond acceptors (Lipinski definition) is 5. The van der Waals surface area contributed by atoms with Crippen molar-refractivity contribution in [1.82, 2.24) is 9.97 Å². The molecule has 0 saturated heterocycles. The first-order valence-corrected chi connectivity index (χ1v) is 6.20. The largest absolute Gasteiger partial charge is 0.328 e. The molecule has 5 nitrogen and oxygen atoms in total. The van der Waals surface area contributed by atoms with Gasteiger partial charge in [-0.25, -0.2) is 15.8 Å². The zero-order valence-electron chi connectivity index (χ0n) is 10.2. The Bertz CT molecular complexity index is 541. The first-order valence-electron chi connectivity index (χ1n) is 5.41. The molecule has 0 fully saturated rings. The zero-order valence-corrected chi connectivity index (χ0v) is 11.8. The summed E-state index contributed by atoms with van der Waals surface area (Å²) >= 11 is 3.44. The Morgan fingerprint density at radius 2 is 1.89 bits per heavy atom. The predicted molar refractivity (Wildman–Crippen MR) is 76.8 cm³/mol. The van der Waals surface area contributed by atoms with Gasteiger partial charge in [-0.2, -0.15) is 0 Å². The average molecular weight is 308 g/mol. The van der Waals surface area contributed by atoms with Crippen LogP contribution in [0.2, 0.25) is 0 Å². The third kappa shape index (κ3) is 2.44. The van der Waals surface area contributed by atoms with Crippen molar-refractivity contribution in [3.63, 3.8) is 0 Å². The smallest absolute Gasteiger partial charge is 0.159 e. The first-order chi connectivity index (χ1) is 8.63. The highest BCUT2D eigenvalue weighted by atomic mass is 79.9. The Morgan fingerprint density at radius 1 is 1.22 bits per heavy atom. The molecule has 0 aliphatic rings. The van der Waals surface area contributed by atoms with E-state index in [0.717, 1.165) is 16.0 Å². The first kappa shape index (κ1) is 12.8. The Morgan fingerprint density at radius 3 is 2.50 bits per heavy atom. The molecule has 94 valence electrons. The summed E-state index contributed by atoms with van der Waals surface area (Å²) in [6.45, 7) is 2.06. The Balaban J connectivity index is 2.39. The topological polar surface area (TPSA) is 67.1 Å². The third-order valence-corrected chi connectivity index (χ3v) is 3.38. The highest BCUT2D eigenvalue weighted by Gasteiger charge is 2.13. The zero-order chi connectivity index (χ0) is 13.1. The van der Waals surface area contributed by atoms with Gasteiger partial charge in [0, 0.05) is 12.7 Å². The minimum Gasteiger partial charge on any atom is -0.328 e. The highest BCUT2D eigenvalue weighted by molar-refractivity contribution is 9.10. The lowest BCUT2D eigenvalue weighted by molar-refractivity contribution is 1.06. The van der Waals surface area contributed by atoms with E-state index in [1.165, 1.54) is 11.9 Å². The normalized spacial score (nSPS) is 10.2. The second-order valence-corrected chi connectivity index (χ2v) is 4.69. The van der Waals surface area contributed by atoms with Crippen LogP contribution in [0.5, 0.6) is 0 Å². The number of nitrogens with two attached hydrogens (primary N) is 1. The van der Waals surface area contributed by atoms with Crippen LogP contribution in [-0.2, 0) is 0 Å². The number of nitrogen functional groups attached to an aromatic ring is 1. The van der Waals surface area contributed by atoms with Crippen LogP contribution in [-0.4, -0.2) is 17.0 Å². The van der Waals surface area contributed by atoms with Crippen LogP contribution in [0.4, 0.5) is 17.3 Å². The van der Waals surface area contributed by atoms with Crippen LogP contribution >= 0.6 is 15.9 Å². The van der Waals surface area contributed by atoms with Gasteiger partial charge < -0.3 is 10.3 Å². The molecule has 6 heteroatoms. The number of aromatic nitrogens is 2. The van der Waals surface area contributed by atoms with E-state index >= 15 is 0 Å². The fourth-order valence-electron chi connectivity index (χ4n) is 1.59. The number of nitrogens with one attached hydrogen (secondary N) is 1. The Hall–Kier alpha value is -1.66. The summed E-state index contributed by atoms with van der Waals surface area (Å²) in [7, 11) is 1.94. The summed E-state index contributed by atoms with van der Waals surface area (Å²) < 4.78 is 0.732. The number of hydrazine groups is 1. The van der Waals surface area contributed by atoms with Crippen molar-refractivity contribution >= 4 is 33.3 Å². The number of rotatable bonds is 3. The fraction of sp³-hybridized carbons (Fsp3) is 0.167. The van der Waals surface area contributed by atoms with Gasteiger partial charge in [0.05, 0.1) is 0 Å². The number of aryl methyl sites for hydroxylation is 1. The molecule has 2 aromatic rings. The highest BCUT2D eigenvalue weighted by Crippen LogP contribution is 2.32. The van der Waals surface area contributed by atoms with Crippen molar-refractivity contribution in [2.75, 3.05) is 17.4 Å². The lowest BCUT2D eigenvalue weighted by atomic mass is 10.2. The van der Waals surface area contributed by atoms with Gasteiger partial charge in [0.15, 0.2) is 11.6 Å². The standard InChI is InChI=1S/C12H14BrN5/c1-8-3-5-9(6-4-8)18(2)12-10(13)11(17-14)15-7-16-12/h3-7H,14H2,1-2H3,(H,15,16,17).